The van der Waals surface area contributed by atoms with Gasteiger partial charge in [-0.2, -0.15) is 0 Å². The quantitative estimate of drug-likeness (QED) is 0.780. The standard InChI is InChI=1S/C13H16ClNO4/c1-19-8-2-3-12(16)15(9-13(17)18)11-6-4-10(14)5-7-11/h4-7H,2-3,8-9H2,1H3,(H,17,18). The third-order valence-electron chi connectivity index (χ3n) is 2.47. The highest BCUT2D eigenvalue weighted by Crippen LogP contribution is 2.19. The van der Waals surface area contributed by atoms with Crippen LogP contribution < -0.4 is 4.90 Å². The molecule has 1 rings (SSSR count). The molecule has 5 nitrogen and oxygen atoms in total. The van der Waals surface area contributed by atoms with Crippen LogP contribution in [0.1, 0.15) is 12.8 Å². The number of carbonyl (C=O) groups excluding carboxylic acids is 1. The van der Waals surface area contributed by atoms with Gasteiger partial charge >= 0.3 is 5.97 Å². The fourth-order valence-corrected chi connectivity index (χ4v) is 1.71. The van der Waals surface area contributed by atoms with E-state index in [4.69, 9.17) is 21.4 Å². The summed E-state index contributed by atoms with van der Waals surface area (Å²) in [5.74, 6) is -1.31. The highest BCUT2D eigenvalue weighted by Gasteiger charge is 2.18. The summed E-state index contributed by atoms with van der Waals surface area (Å²) in [4.78, 5) is 24.1. The zero-order valence-electron chi connectivity index (χ0n) is 10.6. The van der Waals surface area contributed by atoms with E-state index in [2.05, 4.69) is 0 Å². The predicted octanol–water partition coefficient (Wildman–Crippen LogP) is 2.18. The van der Waals surface area contributed by atoms with Crippen LogP contribution in [0.15, 0.2) is 24.3 Å². The molecule has 1 N–H and O–H groups in total. The van der Waals surface area contributed by atoms with E-state index in [1.165, 1.54) is 4.90 Å². The number of amides is 1. The van der Waals surface area contributed by atoms with Gasteiger partial charge in [0.2, 0.25) is 5.91 Å². The largest absolute Gasteiger partial charge is 0.480 e. The Balaban J connectivity index is 2.79. The van der Waals surface area contributed by atoms with E-state index in [1.807, 2.05) is 0 Å². The first-order valence-corrected chi connectivity index (χ1v) is 6.19. The van der Waals surface area contributed by atoms with E-state index in [0.717, 1.165) is 0 Å². The molecule has 0 fully saturated rings. The lowest BCUT2D eigenvalue weighted by Crippen LogP contribution is -2.35. The minimum atomic E-state index is -1.06. The number of carbonyl (C=O) groups is 2. The van der Waals surface area contributed by atoms with Gasteiger partial charge in [-0.15, -0.1) is 0 Å². The maximum Gasteiger partial charge on any atom is 0.323 e. The fourth-order valence-electron chi connectivity index (χ4n) is 1.58. The number of aliphatic carboxylic acids is 1. The van der Waals surface area contributed by atoms with Gasteiger partial charge in [0.1, 0.15) is 6.54 Å². The molecule has 0 unspecified atom stereocenters. The third-order valence-corrected chi connectivity index (χ3v) is 2.72. The van der Waals surface area contributed by atoms with Crippen LogP contribution in [0, 0.1) is 0 Å². The zero-order valence-corrected chi connectivity index (χ0v) is 11.4. The SMILES string of the molecule is COCCCC(=O)N(CC(=O)O)c1ccc(Cl)cc1. The molecular weight excluding hydrogens is 270 g/mol. The summed E-state index contributed by atoms with van der Waals surface area (Å²) in [5, 5.41) is 9.41. The number of hydrogen-bond acceptors (Lipinski definition) is 3. The highest BCUT2D eigenvalue weighted by molar-refractivity contribution is 6.30. The van der Waals surface area contributed by atoms with Crippen LogP contribution >= 0.6 is 11.6 Å². The molecule has 0 saturated carbocycles. The van der Waals surface area contributed by atoms with Crippen molar-refractivity contribution >= 4 is 29.2 Å². The number of methoxy groups -OCH3 is 1. The van der Waals surface area contributed by atoms with Crippen molar-refractivity contribution in [1.29, 1.82) is 0 Å². The average molecular weight is 286 g/mol. The minimum Gasteiger partial charge on any atom is -0.480 e. The van der Waals surface area contributed by atoms with E-state index in [-0.39, 0.29) is 18.9 Å². The number of rotatable bonds is 7. The number of anilines is 1. The van der Waals surface area contributed by atoms with Gasteiger partial charge in [-0.1, -0.05) is 11.6 Å². The lowest BCUT2D eigenvalue weighted by molar-refractivity contribution is -0.136. The molecular formula is C13H16ClNO4. The van der Waals surface area contributed by atoms with Crippen molar-refractivity contribution in [2.45, 2.75) is 12.8 Å². The Morgan fingerprint density at radius 3 is 2.47 bits per heavy atom. The Morgan fingerprint density at radius 1 is 1.32 bits per heavy atom. The lowest BCUT2D eigenvalue weighted by Gasteiger charge is -2.21. The molecule has 0 spiro atoms. The third kappa shape index (κ3) is 5.28. The number of carboxylic acid groups (broad SMARTS) is 1. The second-order valence-electron chi connectivity index (χ2n) is 3.95. The molecule has 0 aliphatic rings. The van der Waals surface area contributed by atoms with Gasteiger partial charge in [0.15, 0.2) is 0 Å². The minimum absolute atomic E-state index is 0.240. The summed E-state index contributed by atoms with van der Waals surface area (Å²) in [6.07, 6.45) is 0.794. The summed E-state index contributed by atoms with van der Waals surface area (Å²) < 4.78 is 4.87. The first kappa shape index (κ1) is 15.5. The molecule has 0 bridgehead atoms. The Labute approximate surface area is 116 Å². The second-order valence-corrected chi connectivity index (χ2v) is 4.38. The highest BCUT2D eigenvalue weighted by atomic mass is 35.5. The smallest absolute Gasteiger partial charge is 0.323 e. The van der Waals surface area contributed by atoms with Crippen LogP contribution in [0.3, 0.4) is 0 Å². The first-order chi connectivity index (χ1) is 9.04. The normalized spacial score (nSPS) is 10.2. The molecule has 0 radical (unpaired) electrons. The molecule has 104 valence electrons. The van der Waals surface area contributed by atoms with Gasteiger partial charge < -0.3 is 14.7 Å². The molecule has 1 aromatic rings. The molecule has 0 aliphatic carbocycles. The zero-order chi connectivity index (χ0) is 14.3. The predicted molar refractivity (Wildman–Crippen MR) is 72.6 cm³/mol. The molecule has 19 heavy (non-hydrogen) atoms. The van der Waals surface area contributed by atoms with Crippen molar-refractivity contribution in [3.63, 3.8) is 0 Å². The van der Waals surface area contributed by atoms with Gasteiger partial charge in [-0.3, -0.25) is 9.59 Å². The van der Waals surface area contributed by atoms with E-state index < -0.39 is 5.97 Å². The van der Waals surface area contributed by atoms with E-state index >= 15 is 0 Å². The van der Waals surface area contributed by atoms with Gasteiger partial charge in [0.05, 0.1) is 0 Å². The van der Waals surface area contributed by atoms with Gasteiger partial charge in [0, 0.05) is 30.8 Å². The molecule has 0 atom stereocenters. The Bertz CT molecular complexity index is 433. The van der Waals surface area contributed by atoms with Gasteiger partial charge in [-0.05, 0) is 30.7 Å². The Kier molecular flexibility index (Phi) is 6.32. The maximum atomic E-state index is 12.0. The topological polar surface area (TPSA) is 66.8 Å². The molecule has 0 heterocycles. The molecule has 0 aromatic heterocycles. The first-order valence-electron chi connectivity index (χ1n) is 5.81. The van der Waals surface area contributed by atoms with Crippen LogP contribution in [0.5, 0.6) is 0 Å². The summed E-state index contributed by atoms with van der Waals surface area (Å²) >= 11 is 5.77. The summed E-state index contributed by atoms with van der Waals surface area (Å²) in [6, 6.07) is 6.49. The van der Waals surface area contributed by atoms with Gasteiger partial charge in [-0.25, -0.2) is 0 Å². The summed E-state index contributed by atoms with van der Waals surface area (Å²) in [6.45, 7) is 0.0979. The van der Waals surface area contributed by atoms with Crippen LogP contribution in [-0.2, 0) is 14.3 Å². The van der Waals surface area contributed by atoms with Crippen LogP contribution in [0.4, 0.5) is 5.69 Å². The molecule has 0 aliphatic heterocycles. The van der Waals surface area contributed by atoms with Crippen LogP contribution in [0.2, 0.25) is 5.02 Å². The van der Waals surface area contributed by atoms with Crippen molar-refractivity contribution in [2.24, 2.45) is 0 Å². The monoisotopic (exact) mass is 285 g/mol. The van der Waals surface area contributed by atoms with Crippen molar-refractivity contribution in [1.82, 2.24) is 0 Å². The molecule has 0 saturated heterocycles. The molecule has 1 aromatic carbocycles. The van der Waals surface area contributed by atoms with E-state index in [0.29, 0.717) is 23.7 Å². The molecule has 1 amide bonds. The van der Waals surface area contributed by atoms with Crippen LogP contribution in [0.25, 0.3) is 0 Å². The number of halogens is 1. The second kappa shape index (κ2) is 7.76. The maximum absolute atomic E-state index is 12.0. The number of nitrogens with zero attached hydrogens (tertiary/aromatic N) is 1. The van der Waals surface area contributed by atoms with E-state index in [1.54, 1.807) is 31.4 Å². The Hall–Kier alpha value is -1.59. The molecule has 6 heteroatoms. The van der Waals surface area contributed by atoms with Gasteiger partial charge in [0.25, 0.3) is 0 Å². The number of hydrogen-bond donors (Lipinski definition) is 1. The van der Waals surface area contributed by atoms with Crippen molar-refractivity contribution < 1.29 is 19.4 Å². The summed E-state index contributed by atoms with van der Waals surface area (Å²) in [7, 11) is 1.55. The number of benzene rings is 1. The van der Waals surface area contributed by atoms with Crippen molar-refractivity contribution in [2.75, 3.05) is 25.2 Å². The lowest BCUT2D eigenvalue weighted by atomic mass is 10.2. The average Bonchev–Trinajstić information content (AvgIpc) is 2.37. The number of ether oxygens (including phenoxy) is 1. The van der Waals surface area contributed by atoms with Crippen molar-refractivity contribution in [3.8, 4) is 0 Å². The van der Waals surface area contributed by atoms with Crippen molar-refractivity contribution in [3.05, 3.63) is 29.3 Å². The fraction of sp³-hybridized carbons (Fsp3) is 0.385. The van der Waals surface area contributed by atoms with E-state index in [9.17, 15) is 9.59 Å². The Morgan fingerprint density at radius 2 is 1.95 bits per heavy atom. The number of carboxylic acids is 1. The summed E-state index contributed by atoms with van der Waals surface area (Å²) in [5.41, 5.74) is 0.522. The van der Waals surface area contributed by atoms with Crippen LogP contribution in [-0.4, -0.2) is 37.2 Å².